The van der Waals surface area contributed by atoms with Crippen molar-refractivity contribution in [1.29, 1.82) is 0 Å². The van der Waals surface area contributed by atoms with Gasteiger partial charge in [-0.2, -0.15) is 0 Å². The highest BCUT2D eigenvalue weighted by molar-refractivity contribution is 6.35. The Morgan fingerprint density at radius 1 is 1.09 bits per heavy atom. The second-order valence-corrected chi connectivity index (χ2v) is 5.73. The zero-order valence-corrected chi connectivity index (χ0v) is 14.2. The first kappa shape index (κ1) is 17.6. The number of hydrogen-bond acceptors (Lipinski definition) is 3. The fraction of sp³-hybridized carbons (Fsp3) is 0.235. The van der Waals surface area contributed by atoms with E-state index in [9.17, 15) is 4.79 Å². The van der Waals surface area contributed by atoms with Crippen molar-refractivity contribution in [1.82, 2.24) is 5.32 Å². The monoisotopic (exact) mass is 353 g/mol. The van der Waals surface area contributed by atoms with E-state index in [0.717, 1.165) is 11.1 Å². The first-order valence-corrected chi connectivity index (χ1v) is 7.75. The van der Waals surface area contributed by atoms with E-state index >= 15 is 0 Å². The van der Waals surface area contributed by atoms with Crippen LogP contribution in [0, 0.1) is 0 Å². The third kappa shape index (κ3) is 5.75. The molecule has 0 heterocycles. The summed E-state index contributed by atoms with van der Waals surface area (Å²) in [6, 6.07) is 12.7. The van der Waals surface area contributed by atoms with Gasteiger partial charge >= 0.3 is 0 Å². The Morgan fingerprint density at radius 2 is 1.78 bits per heavy atom. The second kappa shape index (κ2) is 8.77. The summed E-state index contributed by atoms with van der Waals surface area (Å²) in [7, 11) is 1.65. The largest absolute Gasteiger partial charge is 0.482 e. The fourth-order valence-electron chi connectivity index (χ4n) is 1.91. The number of rotatable bonds is 7. The molecule has 0 unspecified atom stereocenters. The highest BCUT2D eigenvalue weighted by Crippen LogP contribution is 2.27. The van der Waals surface area contributed by atoms with Crippen molar-refractivity contribution in [3.8, 4) is 5.75 Å². The first-order valence-electron chi connectivity index (χ1n) is 7.00. The van der Waals surface area contributed by atoms with Crippen LogP contribution in [0.3, 0.4) is 0 Å². The zero-order chi connectivity index (χ0) is 16.7. The molecule has 0 aliphatic carbocycles. The molecule has 23 heavy (non-hydrogen) atoms. The van der Waals surface area contributed by atoms with Gasteiger partial charge in [0.05, 0.1) is 11.6 Å². The van der Waals surface area contributed by atoms with Gasteiger partial charge in [0.2, 0.25) is 0 Å². The molecule has 0 radical (unpaired) electrons. The Kier molecular flexibility index (Phi) is 6.71. The summed E-state index contributed by atoms with van der Waals surface area (Å²) >= 11 is 11.8. The lowest BCUT2D eigenvalue weighted by atomic mass is 10.1. The van der Waals surface area contributed by atoms with Crippen molar-refractivity contribution >= 4 is 29.1 Å². The van der Waals surface area contributed by atoms with Crippen LogP contribution in [0.5, 0.6) is 5.75 Å². The minimum absolute atomic E-state index is 0.108. The van der Waals surface area contributed by atoms with Crippen LogP contribution in [0.2, 0.25) is 10.0 Å². The van der Waals surface area contributed by atoms with Crippen molar-refractivity contribution in [3.05, 3.63) is 63.6 Å². The Morgan fingerprint density at radius 3 is 2.43 bits per heavy atom. The molecule has 0 saturated carbocycles. The van der Waals surface area contributed by atoms with Crippen molar-refractivity contribution in [2.75, 3.05) is 13.7 Å². The van der Waals surface area contributed by atoms with E-state index in [4.69, 9.17) is 32.7 Å². The molecule has 0 bridgehead atoms. The van der Waals surface area contributed by atoms with Crippen LogP contribution >= 0.6 is 23.2 Å². The van der Waals surface area contributed by atoms with Crippen LogP contribution in [-0.4, -0.2) is 19.6 Å². The maximum atomic E-state index is 11.8. The second-order valence-electron chi connectivity index (χ2n) is 4.89. The van der Waals surface area contributed by atoms with Gasteiger partial charge in [-0.15, -0.1) is 0 Å². The number of benzene rings is 2. The van der Waals surface area contributed by atoms with Gasteiger partial charge in [0.25, 0.3) is 5.91 Å². The lowest BCUT2D eigenvalue weighted by Crippen LogP contribution is -2.28. The smallest absolute Gasteiger partial charge is 0.258 e. The molecule has 0 aromatic heterocycles. The number of ether oxygens (including phenoxy) is 2. The molecular weight excluding hydrogens is 337 g/mol. The summed E-state index contributed by atoms with van der Waals surface area (Å²) in [4.78, 5) is 11.8. The standard InChI is InChI=1S/C17H17Cl2NO3/c1-22-10-13-4-2-12(3-5-13)9-20-17(21)11-23-16-7-6-14(18)8-15(16)19/h2-8H,9-11H2,1H3,(H,20,21). The molecule has 0 spiro atoms. The Labute approximate surface area is 145 Å². The number of amides is 1. The van der Waals surface area contributed by atoms with Gasteiger partial charge in [-0.25, -0.2) is 0 Å². The Hall–Kier alpha value is -1.75. The van der Waals surface area contributed by atoms with E-state index < -0.39 is 0 Å². The van der Waals surface area contributed by atoms with E-state index in [0.29, 0.717) is 28.9 Å². The third-order valence-electron chi connectivity index (χ3n) is 3.08. The summed E-state index contributed by atoms with van der Waals surface area (Å²) in [5, 5.41) is 3.68. The maximum Gasteiger partial charge on any atom is 0.258 e. The number of hydrogen-bond donors (Lipinski definition) is 1. The Bertz CT molecular complexity index is 659. The fourth-order valence-corrected chi connectivity index (χ4v) is 2.37. The van der Waals surface area contributed by atoms with Crippen LogP contribution < -0.4 is 10.1 Å². The summed E-state index contributed by atoms with van der Waals surface area (Å²) in [6.07, 6.45) is 0. The third-order valence-corrected chi connectivity index (χ3v) is 3.61. The van der Waals surface area contributed by atoms with E-state index in [2.05, 4.69) is 5.32 Å². The molecule has 1 N–H and O–H groups in total. The molecule has 0 fully saturated rings. The summed E-state index contributed by atoms with van der Waals surface area (Å²) in [5.41, 5.74) is 2.09. The number of carbonyl (C=O) groups is 1. The van der Waals surface area contributed by atoms with Crippen molar-refractivity contribution in [2.45, 2.75) is 13.2 Å². The van der Waals surface area contributed by atoms with E-state index in [1.807, 2.05) is 24.3 Å². The molecule has 0 aliphatic heterocycles. The average Bonchev–Trinajstić information content (AvgIpc) is 2.54. The first-order chi connectivity index (χ1) is 11.1. The highest BCUT2D eigenvalue weighted by atomic mass is 35.5. The lowest BCUT2D eigenvalue weighted by molar-refractivity contribution is -0.123. The molecule has 2 aromatic rings. The molecule has 122 valence electrons. The predicted octanol–water partition coefficient (Wildman–Crippen LogP) is 3.84. The van der Waals surface area contributed by atoms with Crippen LogP contribution in [-0.2, 0) is 22.7 Å². The molecule has 0 aliphatic rings. The van der Waals surface area contributed by atoms with Gasteiger partial charge in [0.1, 0.15) is 5.75 Å². The summed E-state index contributed by atoms with van der Waals surface area (Å²) < 4.78 is 10.4. The van der Waals surface area contributed by atoms with Gasteiger partial charge in [-0.05, 0) is 29.3 Å². The summed E-state index contributed by atoms with van der Waals surface area (Å²) in [6.45, 7) is 0.898. The molecule has 0 atom stereocenters. The van der Waals surface area contributed by atoms with Crippen LogP contribution in [0.1, 0.15) is 11.1 Å². The quantitative estimate of drug-likeness (QED) is 0.822. The SMILES string of the molecule is COCc1ccc(CNC(=O)COc2ccc(Cl)cc2Cl)cc1. The molecule has 2 aromatic carbocycles. The van der Waals surface area contributed by atoms with E-state index in [1.54, 1.807) is 25.3 Å². The number of nitrogens with one attached hydrogen (secondary N) is 1. The minimum Gasteiger partial charge on any atom is -0.482 e. The number of halogens is 2. The van der Waals surface area contributed by atoms with Gasteiger partial charge in [-0.1, -0.05) is 47.5 Å². The van der Waals surface area contributed by atoms with Crippen molar-refractivity contribution in [3.63, 3.8) is 0 Å². The van der Waals surface area contributed by atoms with Crippen molar-refractivity contribution < 1.29 is 14.3 Å². The Balaban J connectivity index is 1.78. The zero-order valence-electron chi connectivity index (χ0n) is 12.6. The number of methoxy groups -OCH3 is 1. The van der Waals surface area contributed by atoms with Gasteiger partial charge in [-0.3, -0.25) is 4.79 Å². The van der Waals surface area contributed by atoms with Crippen LogP contribution in [0.15, 0.2) is 42.5 Å². The average molecular weight is 354 g/mol. The minimum atomic E-state index is -0.225. The lowest BCUT2D eigenvalue weighted by Gasteiger charge is -2.09. The molecule has 4 nitrogen and oxygen atoms in total. The maximum absolute atomic E-state index is 11.8. The molecule has 6 heteroatoms. The molecular formula is C17H17Cl2NO3. The topological polar surface area (TPSA) is 47.6 Å². The van der Waals surface area contributed by atoms with Gasteiger partial charge in [0, 0.05) is 18.7 Å². The van der Waals surface area contributed by atoms with Crippen LogP contribution in [0.25, 0.3) is 0 Å². The normalized spacial score (nSPS) is 10.4. The molecule has 0 saturated heterocycles. The van der Waals surface area contributed by atoms with Gasteiger partial charge < -0.3 is 14.8 Å². The predicted molar refractivity (Wildman–Crippen MR) is 91.0 cm³/mol. The summed E-state index contributed by atoms with van der Waals surface area (Å²) in [5.74, 6) is 0.201. The van der Waals surface area contributed by atoms with E-state index in [-0.39, 0.29) is 12.5 Å². The van der Waals surface area contributed by atoms with Crippen LogP contribution in [0.4, 0.5) is 0 Å². The van der Waals surface area contributed by atoms with E-state index in [1.165, 1.54) is 0 Å². The van der Waals surface area contributed by atoms with Gasteiger partial charge in [0.15, 0.2) is 6.61 Å². The van der Waals surface area contributed by atoms with Crippen molar-refractivity contribution in [2.24, 2.45) is 0 Å². The molecule has 2 rings (SSSR count). The molecule has 1 amide bonds. The number of carbonyl (C=O) groups excluding carboxylic acids is 1. The highest BCUT2D eigenvalue weighted by Gasteiger charge is 2.06.